The molecule has 0 saturated heterocycles. The molecule has 0 spiro atoms. The summed E-state index contributed by atoms with van der Waals surface area (Å²) in [5.74, 6) is 0.734. The lowest BCUT2D eigenvalue weighted by Crippen LogP contribution is -2.03. The highest BCUT2D eigenvalue weighted by molar-refractivity contribution is 5.27. The molecule has 12 heavy (non-hydrogen) atoms. The highest BCUT2D eigenvalue weighted by atomic mass is 14.2. The molecule has 0 fully saturated rings. The largest absolute Gasteiger partial charge is 0.0958 e. The van der Waals surface area contributed by atoms with Gasteiger partial charge in [0.05, 0.1) is 0 Å². The zero-order chi connectivity index (χ0) is 9.56. The van der Waals surface area contributed by atoms with Gasteiger partial charge in [0.1, 0.15) is 0 Å². The average Bonchev–Trinajstić information content (AvgIpc) is 2.03. The van der Waals surface area contributed by atoms with Gasteiger partial charge in [0.25, 0.3) is 0 Å². The maximum atomic E-state index is 4.01. The molecule has 70 valence electrons. The first-order valence-corrected chi connectivity index (χ1v) is 4.99. The molecule has 1 atom stereocenters. The third-order valence-corrected chi connectivity index (χ3v) is 2.37. The van der Waals surface area contributed by atoms with Gasteiger partial charge in [-0.1, -0.05) is 38.5 Å². The van der Waals surface area contributed by atoms with Crippen molar-refractivity contribution < 1.29 is 0 Å². The predicted octanol–water partition coefficient (Wildman–Crippen LogP) is 4.34. The minimum absolute atomic E-state index is 0.734. The van der Waals surface area contributed by atoms with Crippen LogP contribution in [0.25, 0.3) is 0 Å². The van der Waals surface area contributed by atoms with Gasteiger partial charge in [0, 0.05) is 0 Å². The number of allylic oxidation sites excluding steroid dienone is 3. The fraction of sp³-hybridized carbons (Fsp3) is 0.667. The number of hydrogen-bond acceptors (Lipinski definition) is 0. The average molecular weight is 166 g/mol. The molecule has 0 aromatic heterocycles. The zero-order valence-electron chi connectivity index (χ0n) is 8.98. The molecule has 0 saturated carbocycles. The van der Waals surface area contributed by atoms with E-state index in [4.69, 9.17) is 0 Å². The normalized spacial score (nSPS) is 14.5. The Bertz CT molecular complexity index is 163. The van der Waals surface area contributed by atoms with Gasteiger partial charge in [-0.25, -0.2) is 0 Å². The standard InChI is InChI=1S/C12H22/c1-6-9-11(7-2)12(8-3)10(4)5/h8,11H,4,6-7,9H2,1-3,5H3. The van der Waals surface area contributed by atoms with E-state index in [9.17, 15) is 0 Å². The first-order valence-electron chi connectivity index (χ1n) is 4.99. The Hall–Kier alpha value is -0.520. The van der Waals surface area contributed by atoms with E-state index < -0.39 is 0 Å². The molecule has 0 aromatic carbocycles. The smallest absolute Gasteiger partial charge is 0.0166 e. The van der Waals surface area contributed by atoms with E-state index in [1.54, 1.807) is 0 Å². The van der Waals surface area contributed by atoms with Crippen LogP contribution in [0.1, 0.15) is 47.0 Å². The number of hydrogen-bond donors (Lipinski definition) is 0. The van der Waals surface area contributed by atoms with Gasteiger partial charge in [-0.15, -0.1) is 0 Å². The molecule has 0 aliphatic carbocycles. The fourth-order valence-corrected chi connectivity index (χ4v) is 1.76. The summed E-state index contributed by atoms with van der Waals surface area (Å²) < 4.78 is 0. The van der Waals surface area contributed by atoms with Gasteiger partial charge >= 0.3 is 0 Å². The lowest BCUT2D eigenvalue weighted by molar-refractivity contribution is 0.538. The molecule has 0 rings (SSSR count). The third-order valence-electron chi connectivity index (χ3n) is 2.37. The van der Waals surface area contributed by atoms with Gasteiger partial charge < -0.3 is 0 Å². The van der Waals surface area contributed by atoms with Crippen LogP contribution in [0.4, 0.5) is 0 Å². The van der Waals surface area contributed by atoms with Crippen molar-refractivity contribution in [1.82, 2.24) is 0 Å². The van der Waals surface area contributed by atoms with Crippen LogP contribution >= 0.6 is 0 Å². The molecule has 0 amide bonds. The first-order chi connectivity index (χ1) is 5.67. The Morgan fingerprint density at radius 3 is 2.25 bits per heavy atom. The maximum absolute atomic E-state index is 4.01. The molecule has 0 aliphatic heterocycles. The van der Waals surface area contributed by atoms with Crippen molar-refractivity contribution in [3.8, 4) is 0 Å². The second-order valence-electron chi connectivity index (χ2n) is 3.42. The maximum Gasteiger partial charge on any atom is -0.0166 e. The second kappa shape index (κ2) is 6.05. The van der Waals surface area contributed by atoms with E-state index in [2.05, 4.69) is 40.3 Å². The van der Waals surface area contributed by atoms with E-state index in [0.29, 0.717) is 0 Å². The van der Waals surface area contributed by atoms with Crippen molar-refractivity contribution in [2.75, 3.05) is 0 Å². The van der Waals surface area contributed by atoms with Crippen molar-refractivity contribution in [1.29, 1.82) is 0 Å². The third kappa shape index (κ3) is 3.25. The van der Waals surface area contributed by atoms with Crippen LogP contribution < -0.4 is 0 Å². The van der Waals surface area contributed by atoms with Gasteiger partial charge in [0.15, 0.2) is 0 Å². The van der Waals surface area contributed by atoms with Gasteiger partial charge in [-0.05, 0) is 38.2 Å². The SMILES string of the molecule is C=C(C)C(=CC)C(CC)CCC. The summed E-state index contributed by atoms with van der Waals surface area (Å²) in [6, 6.07) is 0. The first kappa shape index (κ1) is 11.5. The molecule has 0 radical (unpaired) electrons. The summed E-state index contributed by atoms with van der Waals surface area (Å²) >= 11 is 0. The summed E-state index contributed by atoms with van der Waals surface area (Å²) in [4.78, 5) is 0. The van der Waals surface area contributed by atoms with Crippen LogP contribution in [0, 0.1) is 5.92 Å². The minimum atomic E-state index is 0.734. The number of rotatable bonds is 5. The van der Waals surface area contributed by atoms with Crippen molar-refractivity contribution >= 4 is 0 Å². The minimum Gasteiger partial charge on any atom is -0.0958 e. The highest BCUT2D eigenvalue weighted by Crippen LogP contribution is 2.25. The van der Waals surface area contributed by atoms with Crippen LogP contribution in [0.5, 0.6) is 0 Å². The van der Waals surface area contributed by atoms with Crippen molar-refractivity contribution in [3.63, 3.8) is 0 Å². The molecule has 0 aliphatic rings. The Morgan fingerprint density at radius 2 is 2.00 bits per heavy atom. The molecular formula is C12H22. The molecule has 0 bridgehead atoms. The second-order valence-corrected chi connectivity index (χ2v) is 3.42. The van der Waals surface area contributed by atoms with E-state index in [0.717, 1.165) is 5.92 Å². The molecule has 0 N–H and O–H groups in total. The lowest BCUT2D eigenvalue weighted by Gasteiger charge is -2.18. The zero-order valence-corrected chi connectivity index (χ0v) is 8.98. The van der Waals surface area contributed by atoms with Crippen molar-refractivity contribution in [2.45, 2.75) is 47.0 Å². The molecule has 0 heterocycles. The van der Waals surface area contributed by atoms with Gasteiger partial charge in [0.2, 0.25) is 0 Å². The van der Waals surface area contributed by atoms with Gasteiger partial charge in [-0.2, -0.15) is 0 Å². The quantitative estimate of drug-likeness (QED) is 0.533. The fourth-order valence-electron chi connectivity index (χ4n) is 1.76. The predicted molar refractivity (Wildman–Crippen MR) is 57.3 cm³/mol. The molecule has 0 aromatic rings. The summed E-state index contributed by atoms with van der Waals surface area (Å²) in [6.07, 6.45) is 6.01. The molecule has 1 unspecified atom stereocenters. The molecule has 0 heteroatoms. The summed E-state index contributed by atoms with van der Waals surface area (Å²) in [7, 11) is 0. The topological polar surface area (TPSA) is 0 Å². The van der Waals surface area contributed by atoms with E-state index in [1.807, 2.05) is 0 Å². The van der Waals surface area contributed by atoms with Crippen LogP contribution in [-0.4, -0.2) is 0 Å². The summed E-state index contributed by atoms with van der Waals surface area (Å²) in [5.41, 5.74) is 2.69. The van der Waals surface area contributed by atoms with E-state index in [-0.39, 0.29) is 0 Å². The summed E-state index contributed by atoms with van der Waals surface area (Å²) in [5, 5.41) is 0. The van der Waals surface area contributed by atoms with Gasteiger partial charge in [-0.3, -0.25) is 0 Å². The van der Waals surface area contributed by atoms with E-state index >= 15 is 0 Å². The Kier molecular flexibility index (Phi) is 5.79. The van der Waals surface area contributed by atoms with E-state index in [1.165, 1.54) is 30.4 Å². The molecular weight excluding hydrogens is 144 g/mol. The Balaban J connectivity index is 4.35. The van der Waals surface area contributed by atoms with Crippen LogP contribution in [0.2, 0.25) is 0 Å². The summed E-state index contributed by atoms with van der Waals surface area (Å²) in [6.45, 7) is 12.7. The Morgan fingerprint density at radius 1 is 1.42 bits per heavy atom. The molecule has 0 nitrogen and oxygen atoms in total. The van der Waals surface area contributed by atoms with Crippen LogP contribution in [0.15, 0.2) is 23.8 Å². The van der Waals surface area contributed by atoms with Crippen LogP contribution in [0.3, 0.4) is 0 Å². The van der Waals surface area contributed by atoms with Crippen molar-refractivity contribution in [2.24, 2.45) is 5.92 Å². The monoisotopic (exact) mass is 166 g/mol. The lowest BCUT2D eigenvalue weighted by atomic mass is 9.88. The van der Waals surface area contributed by atoms with Crippen molar-refractivity contribution in [3.05, 3.63) is 23.8 Å². The highest BCUT2D eigenvalue weighted by Gasteiger charge is 2.10. The van der Waals surface area contributed by atoms with Crippen LogP contribution in [-0.2, 0) is 0 Å². The Labute approximate surface area is 77.4 Å².